The van der Waals surface area contributed by atoms with Crippen LogP contribution in [0.2, 0.25) is 0 Å². The van der Waals surface area contributed by atoms with Crippen molar-refractivity contribution in [2.75, 3.05) is 0 Å². The largest absolute Gasteiger partial charge is 2.00 e. The summed E-state index contributed by atoms with van der Waals surface area (Å²) in [6.45, 7) is 23.1. The maximum absolute atomic E-state index is 4.59. The van der Waals surface area contributed by atoms with Crippen LogP contribution in [0.3, 0.4) is 0 Å². The van der Waals surface area contributed by atoms with E-state index in [2.05, 4.69) is 110 Å². The minimum atomic E-state index is 0. The minimum absolute atomic E-state index is 0. The van der Waals surface area contributed by atoms with E-state index in [4.69, 9.17) is 0 Å². The fourth-order valence-corrected chi connectivity index (χ4v) is 9.41. The van der Waals surface area contributed by atoms with Gasteiger partial charge in [0.25, 0.3) is 0 Å². The van der Waals surface area contributed by atoms with E-state index in [1.165, 1.54) is 59.3 Å². The van der Waals surface area contributed by atoms with E-state index in [-0.39, 0.29) is 42.7 Å². The van der Waals surface area contributed by atoms with Crippen LogP contribution in [0, 0.1) is 22.7 Å². The number of hydrogen-bond donors (Lipinski definition) is 0. The Morgan fingerprint density at radius 2 is 0.957 bits per heavy atom. The molecule has 4 aliphatic rings. The van der Waals surface area contributed by atoms with Gasteiger partial charge in [-0.25, -0.2) is 19.9 Å². The molecular formula is C38H50N8Pt. The molecule has 4 aromatic heterocycles. The van der Waals surface area contributed by atoms with Crippen LogP contribution in [0.4, 0.5) is 0 Å². The summed E-state index contributed by atoms with van der Waals surface area (Å²) >= 11 is 0. The molecule has 0 amide bonds. The molecule has 47 heavy (non-hydrogen) atoms. The molecule has 4 aliphatic carbocycles. The average molecular weight is 814 g/mol. The first-order valence-corrected chi connectivity index (χ1v) is 17.4. The fraction of sp³-hybridized carbons (Fsp3) is 0.632. The van der Waals surface area contributed by atoms with Crippen molar-refractivity contribution < 1.29 is 21.1 Å². The Labute approximate surface area is 294 Å². The monoisotopic (exact) mass is 813 g/mol. The zero-order chi connectivity index (χ0) is 32.8. The molecule has 4 unspecified atom stereocenters. The van der Waals surface area contributed by atoms with Crippen molar-refractivity contribution in [1.82, 2.24) is 40.3 Å². The normalized spacial score (nSPS) is 27.1. The van der Waals surface area contributed by atoms with Gasteiger partial charge in [-0.15, -0.1) is 0 Å². The Hall–Kier alpha value is -2.73. The van der Waals surface area contributed by atoms with Crippen molar-refractivity contribution in [3.63, 3.8) is 0 Å². The Bertz CT molecular complexity index is 1620. The maximum Gasteiger partial charge on any atom is 2.00 e. The van der Waals surface area contributed by atoms with E-state index < -0.39 is 0 Å². The standard InChI is InChI=1S/2C19H25N4.Pt/c2*1-11(2)8-12-9-20-17(21-10-12)15-14-13-6-7-19(5,18(13,3)4)16(14)23-22-15;/h2*9-11,13H,6-8H2,1-5H3;/q2*-1;+2. The van der Waals surface area contributed by atoms with E-state index in [0.717, 1.165) is 35.9 Å². The van der Waals surface area contributed by atoms with Crippen molar-refractivity contribution >= 4 is 0 Å². The number of aromatic nitrogens is 8. The maximum atomic E-state index is 4.59. The molecule has 4 atom stereocenters. The first-order valence-electron chi connectivity index (χ1n) is 17.4. The molecule has 252 valence electrons. The van der Waals surface area contributed by atoms with Gasteiger partial charge >= 0.3 is 21.1 Å². The smallest absolute Gasteiger partial charge is 0.572 e. The molecule has 0 radical (unpaired) electrons. The van der Waals surface area contributed by atoms with Crippen LogP contribution in [0.15, 0.2) is 24.8 Å². The third-order valence-corrected chi connectivity index (χ3v) is 12.8. The van der Waals surface area contributed by atoms with Crippen LogP contribution in [0.1, 0.15) is 140 Å². The van der Waals surface area contributed by atoms with Gasteiger partial charge in [-0.05, 0) is 95.3 Å². The van der Waals surface area contributed by atoms with Crippen molar-refractivity contribution in [1.29, 1.82) is 0 Å². The predicted molar refractivity (Wildman–Crippen MR) is 180 cm³/mol. The number of nitrogens with zero attached hydrogens (tertiary/aromatic N) is 8. The van der Waals surface area contributed by atoms with E-state index in [0.29, 0.717) is 23.7 Å². The van der Waals surface area contributed by atoms with Gasteiger partial charge in [-0.3, -0.25) is 0 Å². The Balaban J connectivity index is 0.000000161. The molecule has 9 heteroatoms. The van der Waals surface area contributed by atoms with Crippen molar-refractivity contribution in [2.24, 2.45) is 22.7 Å². The van der Waals surface area contributed by atoms with Crippen LogP contribution in [0.25, 0.3) is 23.0 Å². The average Bonchev–Trinajstić information content (AvgIpc) is 3.78. The first-order chi connectivity index (χ1) is 21.7. The van der Waals surface area contributed by atoms with Crippen molar-refractivity contribution in [3.05, 3.63) is 58.4 Å². The topological polar surface area (TPSA) is 106 Å². The van der Waals surface area contributed by atoms with Gasteiger partial charge in [-0.2, -0.15) is 0 Å². The van der Waals surface area contributed by atoms with Gasteiger partial charge in [0.05, 0.1) is 0 Å². The predicted octanol–water partition coefficient (Wildman–Crippen LogP) is 7.74. The molecule has 4 bridgehead atoms. The summed E-state index contributed by atoms with van der Waals surface area (Å²) in [4.78, 5) is 18.4. The number of fused-ring (bicyclic) bond motifs is 10. The molecule has 0 saturated heterocycles. The second kappa shape index (κ2) is 11.7. The first kappa shape index (κ1) is 34.1. The second-order valence-electron chi connectivity index (χ2n) is 16.9. The summed E-state index contributed by atoms with van der Waals surface area (Å²) in [6.07, 6.45) is 14.7. The molecule has 0 N–H and O–H groups in total. The Kier molecular flexibility index (Phi) is 8.50. The molecule has 0 aliphatic heterocycles. The zero-order valence-electron chi connectivity index (χ0n) is 29.8. The minimum Gasteiger partial charge on any atom is -0.572 e. The summed E-state index contributed by atoms with van der Waals surface area (Å²) in [5.74, 6) is 3.77. The molecule has 0 spiro atoms. The number of rotatable bonds is 6. The second-order valence-corrected chi connectivity index (χ2v) is 16.9. The molecule has 8 rings (SSSR count). The van der Waals surface area contributed by atoms with Gasteiger partial charge in [0.1, 0.15) is 11.6 Å². The quantitative estimate of drug-likeness (QED) is 0.195. The molecule has 4 aromatic rings. The van der Waals surface area contributed by atoms with Crippen molar-refractivity contribution in [2.45, 2.75) is 130 Å². The van der Waals surface area contributed by atoms with E-state index >= 15 is 0 Å². The van der Waals surface area contributed by atoms with Crippen LogP contribution >= 0.6 is 0 Å². The van der Waals surface area contributed by atoms with E-state index in [1.54, 1.807) is 0 Å². The summed E-state index contributed by atoms with van der Waals surface area (Å²) in [5.41, 5.74) is 10.0. The zero-order valence-corrected chi connectivity index (χ0v) is 32.0. The molecular weight excluding hydrogens is 764 g/mol. The van der Waals surface area contributed by atoms with Crippen molar-refractivity contribution in [3.8, 4) is 23.0 Å². The molecule has 4 heterocycles. The van der Waals surface area contributed by atoms with E-state index in [1.807, 2.05) is 24.8 Å². The van der Waals surface area contributed by atoms with Gasteiger partial charge in [0.15, 0.2) is 0 Å². The van der Waals surface area contributed by atoms with Crippen LogP contribution < -0.4 is 10.2 Å². The van der Waals surface area contributed by atoms with Gasteiger partial charge in [0.2, 0.25) is 0 Å². The number of hydrogen-bond acceptors (Lipinski definition) is 6. The van der Waals surface area contributed by atoms with Gasteiger partial charge in [0, 0.05) is 47.0 Å². The Morgan fingerprint density at radius 3 is 1.28 bits per heavy atom. The molecule has 2 saturated carbocycles. The summed E-state index contributed by atoms with van der Waals surface area (Å²) in [5, 5.41) is 18.1. The van der Waals surface area contributed by atoms with Gasteiger partial charge < -0.3 is 20.4 Å². The third-order valence-electron chi connectivity index (χ3n) is 12.8. The Morgan fingerprint density at radius 1 is 0.617 bits per heavy atom. The van der Waals surface area contributed by atoms with Crippen LogP contribution in [-0.2, 0) is 44.7 Å². The molecule has 8 nitrogen and oxygen atoms in total. The van der Waals surface area contributed by atoms with E-state index in [9.17, 15) is 0 Å². The van der Waals surface area contributed by atoms with Gasteiger partial charge in [-0.1, -0.05) is 80.6 Å². The molecule has 0 aromatic carbocycles. The SMILES string of the molecule is CC(C)Cc1cnc(-c2[n-]nc3c2C2CCC3(C)C2(C)C)nc1.CC(C)Cc1cnc(-c2[n-]nc3c2C2CCC3(C)C2(C)C)nc1.[Pt+2]. The summed E-state index contributed by atoms with van der Waals surface area (Å²) in [6, 6.07) is 0. The third kappa shape index (κ3) is 5.01. The summed E-state index contributed by atoms with van der Waals surface area (Å²) < 4.78 is 0. The summed E-state index contributed by atoms with van der Waals surface area (Å²) in [7, 11) is 0. The molecule has 2 fully saturated rings. The fourth-order valence-electron chi connectivity index (χ4n) is 9.41. The van der Waals surface area contributed by atoms with Crippen LogP contribution in [0.5, 0.6) is 0 Å². The van der Waals surface area contributed by atoms with Crippen LogP contribution in [-0.4, -0.2) is 30.1 Å².